The summed E-state index contributed by atoms with van der Waals surface area (Å²) in [5, 5.41) is 12.6. The molecular weight excluding hydrogens is 297 g/mol. The Morgan fingerprint density at radius 1 is 1.48 bits per heavy atom. The topological polar surface area (TPSA) is 114 Å². The zero-order chi connectivity index (χ0) is 15.8. The van der Waals surface area contributed by atoms with E-state index in [1.54, 1.807) is 20.0 Å². The van der Waals surface area contributed by atoms with Gasteiger partial charge in [-0.1, -0.05) is 0 Å². The number of nitrogens with one attached hydrogen (secondary N) is 1. The van der Waals surface area contributed by atoms with Crippen LogP contribution in [0.5, 0.6) is 0 Å². The van der Waals surface area contributed by atoms with Gasteiger partial charge in [-0.3, -0.25) is 9.40 Å². The number of halogens is 1. The van der Waals surface area contributed by atoms with Crippen LogP contribution in [0.15, 0.2) is 23.1 Å². The fourth-order valence-electron chi connectivity index (χ4n) is 1.83. The molecule has 0 atom stereocenters. The summed E-state index contributed by atoms with van der Waals surface area (Å²) in [6.45, 7) is 1.56. The SMILES string of the molecule is Cc1c(S(=O)(=O)Nc2ccc(F)c(C#N)c2)c(N)nn1C. The molecule has 0 bridgehead atoms. The second-order valence-corrected chi connectivity index (χ2v) is 5.95. The monoisotopic (exact) mass is 309 g/mol. The lowest BCUT2D eigenvalue weighted by atomic mass is 10.2. The molecule has 3 N–H and O–H groups in total. The number of sulfonamides is 1. The summed E-state index contributed by atoms with van der Waals surface area (Å²) in [7, 11) is -2.42. The van der Waals surface area contributed by atoms with Crippen molar-refractivity contribution in [2.75, 3.05) is 10.5 Å². The molecule has 0 saturated heterocycles. The third-order valence-corrected chi connectivity index (χ3v) is 4.46. The predicted molar refractivity (Wildman–Crippen MR) is 74.3 cm³/mol. The van der Waals surface area contributed by atoms with Crippen LogP contribution in [0.3, 0.4) is 0 Å². The van der Waals surface area contributed by atoms with Crippen molar-refractivity contribution in [1.82, 2.24) is 9.78 Å². The minimum atomic E-state index is -3.98. The van der Waals surface area contributed by atoms with Crippen LogP contribution in [0.2, 0.25) is 0 Å². The first-order valence-electron chi connectivity index (χ1n) is 5.78. The minimum absolute atomic E-state index is 0.0654. The van der Waals surface area contributed by atoms with Gasteiger partial charge in [-0.2, -0.15) is 10.4 Å². The maximum Gasteiger partial charge on any atom is 0.267 e. The lowest BCUT2D eigenvalue weighted by Crippen LogP contribution is -2.15. The number of rotatable bonds is 3. The number of nitrogens with zero attached hydrogens (tertiary/aromatic N) is 3. The fourth-order valence-corrected chi connectivity index (χ4v) is 3.20. The Hall–Kier alpha value is -2.60. The van der Waals surface area contributed by atoms with Crippen LogP contribution < -0.4 is 10.5 Å². The van der Waals surface area contributed by atoms with Crippen molar-refractivity contribution in [3.63, 3.8) is 0 Å². The van der Waals surface area contributed by atoms with Gasteiger partial charge in [0.15, 0.2) is 10.7 Å². The molecule has 1 aromatic carbocycles. The molecule has 0 aliphatic carbocycles. The number of benzene rings is 1. The molecule has 0 radical (unpaired) electrons. The highest BCUT2D eigenvalue weighted by molar-refractivity contribution is 7.93. The smallest absolute Gasteiger partial charge is 0.267 e. The molecule has 0 fully saturated rings. The maximum absolute atomic E-state index is 13.2. The van der Waals surface area contributed by atoms with Crippen LogP contribution >= 0.6 is 0 Å². The highest BCUT2D eigenvalue weighted by atomic mass is 32.2. The van der Waals surface area contributed by atoms with Crippen molar-refractivity contribution in [2.24, 2.45) is 7.05 Å². The van der Waals surface area contributed by atoms with E-state index < -0.39 is 15.8 Å². The van der Waals surface area contributed by atoms with Crippen LogP contribution in [0.4, 0.5) is 15.9 Å². The minimum Gasteiger partial charge on any atom is -0.381 e. The molecule has 21 heavy (non-hydrogen) atoms. The number of hydrogen-bond acceptors (Lipinski definition) is 5. The van der Waals surface area contributed by atoms with Crippen LogP contribution in [-0.2, 0) is 17.1 Å². The van der Waals surface area contributed by atoms with E-state index in [4.69, 9.17) is 11.0 Å². The zero-order valence-electron chi connectivity index (χ0n) is 11.3. The fraction of sp³-hybridized carbons (Fsp3) is 0.167. The van der Waals surface area contributed by atoms with E-state index in [1.165, 1.54) is 10.7 Å². The predicted octanol–water partition coefficient (Wildman–Crippen LogP) is 1.12. The van der Waals surface area contributed by atoms with Crippen molar-refractivity contribution >= 4 is 21.5 Å². The van der Waals surface area contributed by atoms with E-state index in [0.717, 1.165) is 12.1 Å². The number of nitrogen functional groups attached to an aromatic ring is 1. The first kappa shape index (κ1) is 14.8. The van der Waals surface area contributed by atoms with Crippen LogP contribution in [-0.4, -0.2) is 18.2 Å². The van der Waals surface area contributed by atoms with Crippen molar-refractivity contribution in [2.45, 2.75) is 11.8 Å². The molecule has 0 spiro atoms. The standard InChI is InChI=1S/C12H12FN5O2S/c1-7-11(12(15)16-18(7)2)21(19,20)17-9-3-4-10(13)8(5-9)6-14/h3-5,17H,1-2H3,(H2,15,16). The molecule has 0 aliphatic rings. The van der Waals surface area contributed by atoms with E-state index in [1.807, 2.05) is 0 Å². The molecule has 0 aliphatic heterocycles. The molecule has 1 heterocycles. The van der Waals surface area contributed by atoms with Gasteiger partial charge in [-0.15, -0.1) is 0 Å². The zero-order valence-corrected chi connectivity index (χ0v) is 12.1. The lowest BCUT2D eigenvalue weighted by Gasteiger charge is -2.08. The summed E-state index contributed by atoms with van der Waals surface area (Å²) in [4.78, 5) is -0.146. The summed E-state index contributed by atoms with van der Waals surface area (Å²) in [6.07, 6.45) is 0. The molecule has 0 saturated carbocycles. The number of nitriles is 1. The van der Waals surface area contributed by atoms with Crippen LogP contribution in [0.25, 0.3) is 0 Å². The Balaban J connectivity index is 2.45. The van der Waals surface area contributed by atoms with E-state index >= 15 is 0 Å². The summed E-state index contributed by atoms with van der Waals surface area (Å²) in [6, 6.07) is 4.97. The van der Waals surface area contributed by atoms with Crippen molar-refractivity contribution < 1.29 is 12.8 Å². The van der Waals surface area contributed by atoms with E-state index in [-0.39, 0.29) is 22.0 Å². The van der Waals surface area contributed by atoms with Crippen LogP contribution in [0.1, 0.15) is 11.3 Å². The summed E-state index contributed by atoms with van der Waals surface area (Å²) in [5.41, 5.74) is 5.77. The Morgan fingerprint density at radius 2 is 2.14 bits per heavy atom. The Bertz CT molecular complexity index is 851. The van der Waals surface area contributed by atoms with Gasteiger partial charge in [0.1, 0.15) is 11.9 Å². The van der Waals surface area contributed by atoms with Gasteiger partial charge in [0.25, 0.3) is 10.0 Å². The number of aryl methyl sites for hydroxylation is 1. The van der Waals surface area contributed by atoms with Gasteiger partial charge in [0.2, 0.25) is 0 Å². The summed E-state index contributed by atoms with van der Waals surface area (Å²) >= 11 is 0. The van der Waals surface area contributed by atoms with Gasteiger partial charge in [0.05, 0.1) is 16.9 Å². The van der Waals surface area contributed by atoms with E-state index in [9.17, 15) is 12.8 Å². The second-order valence-electron chi connectivity index (χ2n) is 4.34. The van der Waals surface area contributed by atoms with Crippen molar-refractivity contribution in [1.29, 1.82) is 5.26 Å². The van der Waals surface area contributed by atoms with Crippen molar-refractivity contribution in [3.05, 3.63) is 35.3 Å². The molecule has 0 unspecified atom stereocenters. The molecule has 2 rings (SSSR count). The first-order valence-corrected chi connectivity index (χ1v) is 7.26. The number of nitrogens with two attached hydrogens (primary N) is 1. The molecule has 2 aromatic rings. The van der Waals surface area contributed by atoms with Crippen molar-refractivity contribution in [3.8, 4) is 6.07 Å². The molecule has 110 valence electrons. The highest BCUT2D eigenvalue weighted by Gasteiger charge is 2.24. The van der Waals surface area contributed by atoms with Gasteiger partial charge in [-0.05, 0) is 25.1 Å². The van der Waals surface area contributed by atoms with Gasteiger partial charge >= 0.3 is 0 Å². The Labute approximate surface area is 120 Å². The molecule has 9 heteroatoms. The van der Waals surface area contributed by atoms with Crippen LogP contribution in [0, 0.1) is 24.1 Å². The number of anilines is 2. The number of aromatic nitrogens is 2. The molecule has 7 nitrogen and oxygen atoms in total. The quantitative estimate of drug-likeness (QED) is 0.882. The molecule has 0 amide bonds. The maximum atomic E-state index is 13.2. The largest absolute Gasteiger partial charge is 0.381 e. The average Bonchev–Trinajstić information content (AvgIpc) is 2.65. The van der Waals surface area contributed by atoms with Gasteiger partial charge < -0.3 is 5.73 Å². The third-order valence-electron chi connectivity index (χ3n) is 2.91. The Kier molecular flexibility index (Phi) is 3.57. The summed E-state index contributed by atoms with van der Waals surface area (Å²) < 4.78 is 41.5. The normalized spacial score (nSPS) is 11.1. The first-order chi connectivity index (χ1) is 9.76. The third kappa shape index (κ3) is 2.66. The van der Waals surface area contributed by atoms with Gasteiger partial charge in [0, 0.05) is 7.05 Å². The van der Waals surface area contributed by atoms with E-state index in [2.05, 4.69) is 9.82 Å². The second kappa shape index (κ2) is 5.06. The van der Waals surface area contributed by atoms with E-state index in [0.29, 0.717) is 5.69 Å². The highest BCUT2D eigenvalue weighted by Crippen LogP contribution is 2.24. The lowest BCUT2D eigenvalue weighted by molar-refractivity contribution is 0.600. The molecular formula is C12H12FN5O2S. The van der Waals surface area contributed by atoms with Gasteiger partial charge in [-0.25, -0.2) is 12.8 Å². The summed E-state index contributed by atoms with van der Waals surface area (Å²) in [5.74, 6) is -0.859. The average molecular weight is 309 g/mol. The molecule has 1 aromatic heterocycles. The Morgan fingerprint density at radius 3 is 2.67 bits per heavy atom. The number of hydrogen-bond donors (Lipinski definition) is 2.